The molecule has 3 nitrogen and oxygen atoms in total. The molecular weight excluding hydrogens is 330 g/mol. The summed E-state index contributed by atoms with van der Waals surface area (Å²) in [5.41, 5.74) is 10.8. The number of hydrogen-bond acceptors (Lipinski definition) is 3. The number of aryl methyl sites for hydroxylation is 2. The van der Waals surface area contributed by atoms with Gasteiger partial charge in [0.1, 0.15) is 11.5 Å². The molecule has 0 aromatic heterocycles. The predicted molar refractivity (Wildman–Crippen MR) is 89.2 cm³/mol. The molecule has 2 aromatic carbocycles. The van der Waals surface area contributed by atoms with Crippen LogP contribution in [0, 0.1) is 13.8 Å². The second-order valence-electron chi connectivity index (χ2n) is 5.05. The van der Waals surface area contributed by atoms with E-state index in [0.717, 1.165) is 27.1 Å². The third kappa shape index (κ3) is 3.22. The van der Waals surface area contributed by atoms with Gasteiger partial charge in [-0.25, -0.2) is 0 Å². The fraction of sp³-hybridized carbons (Fsp3) is 0.294. The molecule has 0 saturated carbocycles. The van der Waals surface area contributed by atoms with Crippen LogP contribution in [-0.4, -0.2) is 14.2 Å². The highest BCUT2D eigenvalue weighted by molar-refractivity contribution is 9.10. The number of hydrogen-bond donors (Lipinski definition) is 1. The summed E-state index contributed by atoms with van der Waals surface area (Å²) >= 11 is 3.58. The molecule has 0 aliphatic rings. The van der Waals surface area contributed by atoms with Gasteiger partial charge >= 0.3 is 0 Å². The van der Waals surface area contributed by atoms with Gasteiger partial charge in [0.2, 0.25) is 0 Å². The van der Waals surface area contributed by atoms with Gasteiger partial charge in [0.25, 0.3) is 0 Å². The van der Waals surface area contributed by atoms with E-state index >= 15 is 0 Å². The average Bonchev–Trinajstić information content (AvgIpc) is 2.50. The maximum atomic E-state index is 6.45. The van der Waals surface area contributed by atoms with E-state index in [9.17, 15) is 0 Å². The molecule has 21 heavy (non-hydrogen) atoms. The van der Waals surface area contributed by atoms with E-state index < -0.39 is 0 Å². The second-order valence-corrected chi connectivity index (χ2v) is 5.85. The summed E-state index contributed by atoms with van der Waals surface area (Å²) in [7, 11) is 3.29. The van der Waals surface area contributed by atoms with Crippen LogP contribution in [0.2, 0.25) is 0 Å². The van der Waals surface area contributed by atoms with Gasteiger partial charge in [-0.2, -0.15) is 0 Å². The van der Waals surface area contributed by atoms with Crippen molar-refractivity contribution in [3.8, 4) is 11.5 Å². The third-order valence-corrected chi connectivity index (χ3v) is 4.84. The lowest BCUT2D eigenvalue weighted by molar-refractivity contribution is 0.397. The molecule has 0 bridgehead atoms. The van der Waals surface area contributed by atoms with E-state index in [1.807, 2.05) is 18.2 Å². The van der Waals surface area contributed by atoms with Crippen LogP contribution >= 0.6 is 15.9 Å². The molecule has 0 amide bonds. The van der Waals surface area contributed by atoms with Crippen LogP contribution in [0.15, 0.2) is 34.8 Å². The Bertz CT molecular complexity index is 632. The van der Waals surface area contributed by atoms with Gasteiger partial charge in [-0.15, -0.1) is 0 Å². The van der Waals surface area contributed by atoms with Gasteiger partial charge in [0.05, 0.1) is 20.3 Å². The van der Waals surface area contributed by atoms with Crippen LogP contribution in [0.1, 0.15) is 28.3 Å². The lowest BCUT2D eigenvalue weighted by Crippen LogP contribution is -2.14. The summed E-state index contributed by atoms with van der Waals surface area (Å²) in [6.45, 7) is 4.13. The zero-order valence-electron chi connectivity index (χ0n) is 12.7. The molecule has 1 atom stereocenters. The molecule has 0 spiro atoms. The van der Waals surface area contributed by atoms with E-state index in [1.165, 1.54) is 11.1 Å². The van der Waals surface area contributed by atoms with Crippen LogP contribution in [0.4, 0.5) is 0 Å². The van der Waals surface area contributed by atoms with Crippen molar-refractivity contribution in [2.24, 2.45) is 5.73 Å². The van der Waals surface area contributed by atoms with Crippen molar-refractivity contribution in [1.82, 2.24) is 0 Å². The number of nitrogens with two attached hydrogens (primary N) is 1. The van der Waals surface area contributed by atoms with Crippen molar-refractivity contribution < 1.29 is 9.47 Å². The Morgan fingerprint density at radius 2 is 1.62 bits per heavy atom. The van der Waals surface area contributed by atoms with Crippen molar-refractivity contribution in [3.05, 3.63) is 57.1 Å². The Morgan fingerprint density at radius 3 is 2.14 bits per heavy atom. The number of benzene rings is 2. The molecular formula is C17H20BrNO2. The largest absolute Gasteiger partial charge is 0.497 e. The fourth-order valence-corrected chi connectivity index (χ4v) is 2.65. The Morgan fingerprint density at radius 1 is 1.00 bits per heavy atom. The van der Waals surface area contributed by atoms with Gasteiger partial charge in [-0.05, 0) is 48.7 Å². The standard InChI is InChI=1S/C17H20BrNO2/c1-10-7-12(8-11(2)16(10)18)17(19)14-9-13(20-3)5-6-15(14)21-4/h5-9,17H,19H2,1-4H3. The molecule has 0 aliphatic carbocycles. The van der Waals surface area contributed by atoms with Crippen molar-refractivity contribution >= 4 is 15.9 Å². The molecule has 2 N–H and O–H groups in total. The second kappa shape index (κ2) is 6.50. The highest BCUT2D eigenvalue weighted by Crippen LogP contribution is 2.33. The number of rotatable bonds is 4. The molecule has 0 radical (unpaired) electrons. The maximum Gasteiger partial charge on any atom is 0.124 e. The van der Waals surface area contributed by atoms with Crippen LogP contribution in [0.25, 0.3) is 0 Å². The van der Waals surface area contributed by atoms with E-state index in [1.54, 1.807) is 14.2 Å². The molecule has 0 saturated heterocycles. The van der Waals surface area contributed by atoms with E-state index in [0.29, 0.717) is 0 Å². The van der Waals surface area contributed by atoms with Gasteiger partial charge < -0.3 is 15.2 Å². The van der Waals surface area contributed by atoms with Crippen LogP contribution in [0.3, 0.4) is 0 Å². The Hall–Kier alpha value is -1.52. The zero-order valence-corrected chi connectivity index (χ0v) is 14.3. The SMILES string of the molecule is COc1ccc(OC)c(C(N)c2cc(C)c(Br)c(C)c2)c1. The number of halogens is 1. The normalized spacial score (nSPS) is 12.1. The van der Waals surface area contributed by atoms with Gasteiger partial charge in [-0.3, -0.25) is 0 Å². The first-order chi connectivity index (χ1) is 9.97. The fourth-order valence-electron chi connectivity index (χ4n) is 2.42. The molecule has 4 heteroatoms. The zero-order chi connectivity index (χ0) is 15.6. The summed E-state index contributed by atoms with van der Waals surface area (Å²) in [6.07, 6.45) is 0. The first-order valence-electron chi connectivity index (χ1n) is 6.72. The first-order valence-corrected chi connectivity index (χ1v) is 7.51. The average molecular weight is 350 g/mol. The first kappa shape index (κ1) is 15.9. The van der Waals surface area contributed by atoms with Crippen LogP contribution in [0.5, 0.6) is 11.5 Å². The molecule has 112 valence electrons. The van der Waals surface area contributed by atoms with E-state index in [-0.39, 0.29) is 6.04 Å². The minimum absolute atomic E-state index is 0.263. The van der Waals surface area contributed by atoms with E-state index in [2.05, 4.69) is 41.9 Å². The lowest BCUT2D eigenvalue weighted by Gasteiger charge is -2.19. The van der Waals surface area contributed by atoms with E-state index in [4.69, 9.17) is 15.2 Å². The van der Waals surface area contributed by atoms with Crippen molar-refractivity contribution in [1.29, 1.82) is 0 Å². The van der Waals surface area contributed by atoms with Crippen LogP contribution in [-0.2, 0) is 0 Å². The summed E-state index contributed by atoms with van der Waals surface area (Å²) in [4.78, 5) is 0. The topological polar surface area (TPSA) is 44.5 Å². The molecule has 1 unspecified atom stereocenters. The summed E-state index contributed by atoms with van der Waals surface area (Å²) in [5, 5.41) is 0. The summed E-state index contributed by atoms with van der Waals surface area (Å²) in [6, 6.07) is 9.61. The summed E-state index contributed by atoms with van der Waals surface area (Å²) < 4.78 is 11.8. The summed E-state index contributed by atoms with van der Waals surface area (Å²) in [5.74, 6) is 1.54. The highest BCUT2D eigenvalue weighted by atomic mass is 79.9. The molecule has 2 rings (SSSR count). The smallest absolute Gasteiger partial charge is 0.124 e. The maximum absolute atomic E-state index is 6.45. The van der Waals surface area contributed by atoms with Crippen molar-refractivity contribution in [2.45, 2.75) is 19.9 Å². The Kier molecular flexibility index (Phi) is 4.91. The van der Waals surface area contributed by atoms with Crippen molar-refractivity contribution in [2.75, 3.05) is 14.2 Å². The monoisotopic (exact) mass is 349 g/mol. The quantitative estimate of drug-likeness (QED) is 0.902. The lowest BCUT2D eigenvalue weighted by atomic mass is 9.95. The van der Waals surface area contributed by atoms with Crippen molar-refractivity contribution in [3.63, 3.8) is 0 Å². The van der Waals surface area contributed by atoms with Gasteiger partial charge in [-0.1, -0.05) is 28.1 Å². The third-order valence-electron chi connectivity index (χ3n) is 3.59. The predicted octanol–water partition coefficient (Wildman–Crippen LogP) is 4.13. The van der Waals surface area contributed by atoms with Gasteiger partial charge in [0.15, 0.2) is 0 Å². The minimum atomic E-state index is -0.263. The molecule has 0 fully saturated rings. The van der Waals surface area contributed by atoms with Crippen LogP contribution < -0.4 is 15.2 Å². The van der Waals surface area contributed by atoms with Gasteiger partial charge in [0, 0.05) is 10.0 Å². The number of methoxy groups -OCH3 is 2. The molecule has 0 aliphatic heterocycles. The number of ether oxygens (including phenoxy) is 2. The highest BCUT2D eigenvalue weighted by Gasteiger charge is 2.17. The minimum Gasteiger partial charge on any atom is -0.497 e. The molecule has 0 heterocycles. The molecule has 2 aromatic rings. The Balaban J connectivity index is 2.51. The Labute approximate surface area is 134 Å².